The van der Waals surface area contributed by atoms with Crippen LogP contribution < -0.4 is 11.2 Å². The fourth-order valence-corrected chi connectivity index (χ4v) is 2.70. The summed E-state index contributed by atoms with van der Waals surface area (Å²) in [6, 6.07) is 16.2. The molecule has 0 fully saturated rings. The van der Waals surface area contributed by atoms with Gasteiger partial charge >= 0.3 is 5.69 Å². The van der Waals surface area contributed by atoms with Crippen molar-refractivity contribution in [3.8, 4) is 17.2 Å². The summed E-state index contributed by atoms with van der Waals surface area (Å²) >= 11 is 0. The maximum absolute atomic E-state index is 12.8. The molecule has 0 saturated heterocycles. The van der Waals surface area contributed by atoms with E-state index in [4.69, 9.17) is 0 Å². The molecule has 2 aromatic rings. The summed E-state index contributed by atoms with van der Waals surface area (Å²) in [5.74, 6) is 0.283. The zero-order chi connectivity index (χ0) is 16.0. The van der Waals surface area contributed by atoms with Gasteiger partial charge in [0.15, 0.2) is 11.5 Å². The molecule has 112 valence electrons. The summed E-state index contributed by atoms with van der Waals surface area (Å²) in [5.41, 5.74) is 1.07. The highest BCUT2D eigenvalue weighted by Crippen LogP contribution is 2.19. The van der Waals surface area contributed by atoms with Crippen LogP contribution in [0.4, 0.5) is 0 Å². The van der Waals surface area contributed by atoms with Gasteiger partial charge in [-0.2, -0.15) is 4.98 Å². The second-order valence-corrected chi connectivity index (χ2v) is 5.20. The number of nitrogens with zero attached hydrogens (tertiary/aromatic N) is 4. The number of fused-ring (bicyclic) bond motifs is 2. The van der Waals surface area contributed by atoms with Crippen LogP contribution in [0.25, 0.3) is 28.2 Å². The Labute approximate surface area is 130 Å². The minimum atomic E-state index is -0.610. The lowest BCUT2D eigenvalue weighted by Gasteiger charge is -2.14. The van der Waals surface area contributed by atoms with Gasteiger partial charge in [-0.15, -0.1) is 0 Å². The topological polar surface area (TPSA) is 69.8 Å². The van der Waals surface area contributed by atoms with Crippen LogP contribution in [-0.2, 0) is 7.05 Å². The van der Waals surface area contributed by atoms with Gasteiger partial charge in [-0.25, -0.2) is 14.3 Å². The van der Waals surface area contributed by atoms with Crippen molar-refractivity contribution < 1.29 is 0 Å². The molecule has 0 saturated carbocycles. The van der Waals surface area contributed by atoms with Gasteiger partial charge in [-0.1, -0.05) is 30.3 Å². The summed E-state index contributed by atoms with van der Waals surface area (Å²) in [7, 11) is 1.77. The molecule has 0 aliphatic carbocycles. The van der Waals surface area contributed by atoms with E-state index in [0.29, 0.717) is 11.2 Å². The smallest absolute Gasteiger partial charge is 0.325 e. The molecular weight excluding hydrogens is 292 g/mol. The van der Waals surface area contributed by atoms with Crippen molar-refractivity contribution in [2.24, 2.45) is 7.05 Å². The molecule has 0 radical (unpaired) electrons. The predicted molar refractivity (Wildman–Crippen MR) is 87.0 cm³/mol. The first-order chi connectivity index (χ1) is 11.2. The highest BCUT2D eigenvalue weighted by atomic mass is 16.2. The van der Waals surface area contributed by atoms with Crippen molar-refractivity contribution in [2.75, 3.05) is 0 Å². The molecule has 2 heterocycles. The molecular formula is C17H12N4O2. The van der Waals surface area contributed by atoms with Crippen LogP contribution in [-0.4, -0.2) is 19.1 Å². The normalized spacial score (nSPS) is 11.2. The number of benzene rings is 2. The first kappa shape index (κ1) is 13.4. The Balaban J connectivity index is 2.18. The van der Waals surface area contributed by atoms with E-state index in [9.17, 15) is 9.59 Å². The Bertz CT molecular complexity index is 1110. The van der Waals surface area contributed by atoms with E-state index < -0.39 is 11.2 Å². The molecule has 0 atom stereocenters. The average molecular weight is 304 g/mol. The van der Waals surface area contributed by atoms with E-state index in [1.54, 1.807) is 35.9 Å². The molecule has 2 aromatic carbocycles. The molecule has 0 bridgehead atoms. The number of hydrogen-bond acceptors (Lipinski definition) is 4. The van der Waals surface area contributed by atoms with Gasteiger partial charge < -0.3 is 4.57 Å². The number of hydrogen-bond donors (Lipinski definition) is 0. The van der Waals surface area contributed by atoms with Crippen LogP contribution in [0.1, 0.15) is 0 Å². The molecule has 0 aromatic heterocycles. The molecule has 6 heteroatoms. The van der Waals surface area contributed by atoms with Crippen molar-refractivity contribution >= 4 is 11.0 Å². The predicted octanol–water partition coefficient (Wildman–Crippen LogP) is 1.58. The summed E-state index contributed by atoms with van der Waals surface area (Å²) in [6.07, 6.45) is 0. The van der Waals surface area contributed by atoms with E-state index >= 15 is 0 Å². The SMILES string of the molecule is Cn1c2nc(=O)n(-c3ccccc3)c(=O)c-2nc2ccccc21. The number of para-hydroxylation sites is 3. The highest BCUT2D eigenvalue weighted by Gasteiger charge is 2.20. The highest BCUT2D eigenvalue weighted by molar-refractivity contribution is 5.79. The van der Waals surface area contributed by atoms with E-state index in [0.717, 1.165) is 10.1 Å². The molecule has 23 heavy (non-hydrogen) atoms. The van der Waals surface area contributed by atoms with Crippen molar-refractivity contribution in [3.63, 3.8) is 0 Å². The monoisotopic (exact) mass is 304 g/mol. The summed E-state index contributed by atoms with van der Waals surface area (Å²) < 4.78 is 2.76. The number of aromatic nitrogens is 4. The molecule has 4 rings (SSSR count). The Kier molecular flexibility index (Phi) is 2.84. The van der Waals surface area contributed by atoms with Gasteiger partial charge in [0, 0.05) is 7.05 Å². The Morgan fingerprint density at radius 1 is 0.870 bits per heavy atom. The third-order valence-corrected chi connectivity index (χ3v) is 3.82. The van der Waals surface area contributed by atoms with Gasteiger partial charge in [-0.3, -0.25) is 4.79 Å². The summed E-state index contributed by atoms with van der Waals surface area (Å²) in [6.45, 7) is 0. The average Bonchev–Trinajstić information content (AvgIpc) is 2.57. The summed E-state index contributed by atoms with van der Waals surface area (Å²) in [4.78, 5) is 33.6. The Morgan fingerprint density at radius 2 is 1.57 bits per heavy atom. The second kappa shape index (κ2) is 4.88. The van der Waals surface area contributed by atoms with Crippen LogP contribution in [0.3, 0.4) is 0 Å². The van der Waals surface area contributed by atoms with Crippen LogP contribution in [0.5, 0.6) is 0 Å². The van der Waals surface area contributed by atoms with Crippen LogP contribution >= 0.6 is 0 Å². The minimum Gasteiger partial charge on any atom is -0.325 e. The van der Waals surface area contributed by atoms with E-state index in [1.165, 1.54) is 0 Å². The molecule has 2 aliphatic heterocycles. The molecule has 2 aliphatic rings. The lowest BCUT2D eigenvalue weighted by Crippen LogP contribution is -2.37. The quantitative estimate of drug-likeness (QED) is 0.501. The lowest BCUT2D eigenvalue weighted by atomic mass is 10.2. The zero-order valence-electron chi connectivity index (χ0n) is 12.3. The van der Waals surface area contributed by atoms with Gasteiger partial charge in [0.2, 0.25) is 0 Å². The number of rotatable bonds is 1. The van der Waals surface area contributed by atoms with Gasteiger partial charge in [0.1, 0.15) is 0 Å². The molecule has 0 spiro atoms. The van der Waals surface area contributed by atoms with Crippen molar-refractivity contribution in [1.82, 2.24) is 19.1 Å². The molecule has 0 N–H and O–H groups in total. The van der Waals surface area contributed by atoms with Crippen LogP contribution in [0.2, 0.25) is 0 Å². The number of aryl methyl sites for hydroxylation is 1. The fraction of sp³-hybridized carbons (Fsp3) is 0.0588. The maximum atomic E-state index is 12.8. The lowest BCUT2D eigenvalue weighted by molar-refractivity contribution is 0.815. The fourth-order valence-electron chi connectivity index (χ4n) is 2.70. The van der Waals surface area contributed by atoms with Gasteiger partial charge in [-0.05, 0) is 24.3 Å². The minimum absolute atomic E-state index is 0.176. The van der Waals surface area contributed by atoms with Crippen LogP contribution in [0, 0.1) is 0 Å². The molecule has 0 amide bonds. The largest absolute Gasteiger partial charge is 0.357 e. The second-order valence-electron chi connectivity index (χ2n) is 5.20. The van der Waals surface area contributed by atoms with Crippen molar-refractivity contribution in [3.05, 3.63) is 75.4 Å². The molecule has 0 unspecified atom stereocenters. The Hall–Kier alpha value is -3.28. The van der Waals surface area contributed by atoms with Gasteiger partial charge in [0.05, 0.1) is 16.7 Å². The maximum Gasteiger partial charge on any atom is 0.357 e. The van der Waals surface area contributed by atoms with Gasteiger partial charge in [0.25, 0.3) is 5.56 Å². The van der Waals surface area contributed by atoms with E-state index in [2.05, 4.69) is 9.97 Å². The van der Waals surface area contributed by atoms with Crippen molar-refractivity contribution in [2.45, 2.75) is 0 Å². The first-order valence-electron chi connectivity index (χ1n) is 7.11. The standard InChI is InChI=1S/C17H12N4O2/c1-20-13-10-6-5-9-12(13)18-14-15(20)19-17(23)21(16(14)22)11-7-3-2-4-8-11/h2-10H,1H3. The third kappa shape index (κ3) is 1.96. The van der Waals surface area contributed by atoms with Crippen LogP contribution in [0.15, 0.2) is 64.2 Å². The zero-order valence-corrected chi connectivity index (χ0v) is 12.3. The summed E-state index contributed by atoms with van der Waals surface area (Å²) in [5, 5.41) is 0. The third-order valence-electron chi connectivity index (χ3n) is 3.82. The Morgan fingerprint density at radius 3 is 2.35 bits per heavy atom. The van der Waals surface area contributed by atoms with E-state index in [1.807, 2.05) is 30.3 Å². The first-order valence-corrected chi connectivity index (χ1v) is 7.11. The van der Waals surface area contributed by atoms with E-state index in [-0.39, 0.29) is 11.5 Å². The molecule has 6 nitrogen and oxygen atoms in total. The van der Waals surface area contributed by atoms with Crippen molar-refractivity contribution in [1.29, 1.82) is 0 Å².